The van der Waals surface area contributed by atoms with Crippen LogP contribution in [0.3, 0.4) is 0 Å². The summed E-state index contributed by atoms with van der Waals surface area (Å²) in [6.45, 7) is 1.80. The van der Waals surface area contributed by atoms with Crippen molar-refractivity contribution in [2.45, 2.75) is 18.4 Å². The summed E-state index contributed by atoms with van der Waals surface area (Å²) >= 11 is 0. The fraction of sp³-hybridized carbons (Fsp3) is 1.00. The first kappa shape index (κ1) is 5.69. The van der Waals surface area contributed by atoms with Gasteiger partial charge in [-0.25, -0.2) is 0 Å². The lowest BCUT2D eigenvalue weighted by atomic mass is 9.90. The second-order valence-electron chi connectivity index (χ2n) is 3.55. The van der Waals surface area contributed by atoms with Crippen LogP contribution in [0.5, 0.6) is 0 Å². The lowest BCUT2D eigenvalue weighted by molar-refractivity contribution is -0.102. The molecule has 1 aliphatic heterocycles. The number of aliphatic hydroxyl groups is 1. The van der Waals surface area contributed by atoms with E-state index in [9.17, 15) is 5.11 Å². The second kappa shape index (κ2) is 1.50. The number of rotatable bonds is 1. The summed E-state index contributed by atoms with van der Waals surface area (Å²) in [6, 6.07) is 0. The molecule has 0 unspecified atom stereocenters. The average Bonchev–Trinajstić information content (AvgIpc) is 2.39. The maximum Gasteiger partial charge on any atom is 0.0927 e. The van der Waals surface area contributed by atoms with E-state index in [0.29, 0.717) is 5.92 Å². The summed E-state index contributed by atoms with van der Waals surface area (Å²) in [7, 11) is 2.05. The monoisotopic (exact) mass is 127 g/mol. The maximum atomic E-state index is 9.68. The minimum atomic E-state index is -0.269. The van der Waals surface area contributed by atoms with Crippen LogP contribution in [0.15, 0.2) is 0 Å². The third-order valence-corrected chi connectivity index (χ3v) is 2.42. The van der Waals surface area contributed by atoms with E-state index >= 15 is 0 Å². The minimum Gasteiger partial charge on any atom is -0.387 e. The Bertz CT molecular complexity index is 125. The molecule has 52 valence electrons. The average molecular weight is 127 g/mol. The number of hydrogen-bond donors (Lipinski definition) is 1. The van der Waals surface area contributed by atoms with Gasteiger partial charge in [0.15, 0.2) is 0 Å². The molecule has 2 rings (SSSR count). The van der Waals surface area contributed by atoms with E-state index in [1.165, 1.54) is 12.8 Å². The van der Waals surface area contributed by atoms with Crippen LogP contribution in [0.4, 0.5) is 0 Å². The molecule has 1 saturated carbocycles. The van der Waals surface area contributed by atoms with Gasteiger partial charge in [0.1, 0.15) is 0 Å². The molecule has 2 heteroatoms. The summed E-state index contributed by atoms with van der Waals surface area (Å²) in [5.41, 5.74) is -0.269. The Kier molecular flexibility index (Phi) is 0.945. The first-order valence-electron chi connectivity index (χ1n) is 3.62. The lowest BCUT2D eigenvalue weighted by Crippen LogP contribution is -2.61. The van der Waals surface area contributed by atoms with Crippen LogP contribution >= 0.6 is 0 Å². The molecule has 0 aromatic carbocycles. The highest BCUT2D eigenvalue weighted by atomic mass is 16.3. The van der Waals surface area contributed by atoms with Gasteiger partial charge in [0.2, 0.25) is 0 Å². The first-order valence-corrected chi connectivity index (χ1v) is 3.62. The zero-order valence-electron chi connectivity index (χ0n) is 5.80. The van der Waals surface area contributed by atoms with Crippen LogP contribution in [0.1, 0.15) is 12.8 Å². The molecule has 0 amide bonds. The van der Waals surface area contributed by atoms with Gasteiger partial charge in [-0.3, -0.25) is 0 Å². The molecule has 1 saturated heterocycles. The number of likely N-dealkylation sites (N-methyl/N-ethyl adjacent to an activating group) is 1. The summed E-state index contributed by atoms with van der Waals surface area (Å²) in [6.07, 6.45) is 2.51. The predicted octanol–water partition coefficient (Wildman–Crippen LogP) is 0.0729. The minimum absolute atomic E-state index is 0.269. The third-order valence-electron chi connectivity index (χ3n) is 2.42. The van der Waals surface area contributed by atoms with Gasteiger partial charge in [0.25, 0.3) is 0 Å². The maximum absolute atomic E-state index is 9.68. The molecular weight excluding hydrogens is 114 g/mol. The Morgan fingerprint density at radius 2 is 2.00 bits per heavy atom. The Balaban J connectivity index is 1.94. The molecule has 0 bridgehead atoms. The molecule has 0 aromatic rings. The predicted molar refractivity (Wildman–Crippen MR) is 35.2 cm³/mol. The second-order valence-corrected chi connectivity index (χ2v) is 3.55. The molecule has 2 nitrogen and oxygen atoms in total. The fourth-order valence-corrected chi connectivity index (χ4v) is 1.77. The van der Waals surface area contributed by atoms with Gasteiger partial charge in [0.05, 0.1) is 5.60 Å². The van der Waals surface area contributed by atoms with Crippen molar-refractivity contribution in [3.8, 4) is 0 Å². The highest BCUT2D eigenvalue weighted by Crippen LogP contribution is 2.43. The molecule has 0 atom stereocenters. The molecule has 1 N–H and O–H groups in total. The number of β-amino-alcohol motifs (C(OH)–C–C–N with tert-alkyl or cyclic N) is 1. The largest absolute Gasteiger partial charge is 0.387 e. The Labute approximate surface area is 55.5 Å². The molecule has 1 aliphatic carbocycles. The number of likely N-dealkylation sites (tertiary alicyclic amines) is 1. The van der Waals surface area contributed by atoms with Crippen molar-refractivity contribution in [2.75, 3.05) is 20.1 Å². The van der Waals surface area contributed by atoms with Gasteiger partial charge in [-0.15, -0.1) is 0 Å². The Hall–Kier alpha value is -0.0800. The van der Waals surface area contributed by atoms with Gasteiger partial charge >= 0.3 is 0 Å². The van der Waals surface area contributed by atoms with Crippen LogP contribution in [-0.2, 0) is 0 Å². The normalized spacial score (nSPS) is 34.0. The fourth-order valence-electron chi connectivity index (χ4n) is 1.77. The van der Waals surface area contributed by atoms with Gasteiger partial charge in [0, 0.05) is 13.1 Å². The van der Waals surface area contributed by atoms with Gasteiger partial charge < -0.3 is 10.0 Å². The standard InChI is InChI=1S/C7H13NO/c1-8-4-7(9,5-8)6-2-3-6/h6,9H,2-5H2,1H3. The molecule has 2 fully saturated rings. The smallest absolute Gasteiger partial charge is 0.0927 e. The van der Waals surface area contributed by atoms with Gasteiger partial charge in [-0.05, 0) is 25.8 Å². The van der Waals surface area contributed by atoms with Crippen LogP contribution < -0.4 is 0 Å². The summed E-state index contributed by atoms with van der Waals surface area (Å²) in [4.78, 5) is 2.16. The van der Waals surface area contributed by atoms with E-state index in [-0.39, 0.29) is 5.60 Å². The van der Waals surface area contributed by atoms with E-state index in [1.54, 1.807) is 0 Å². The van der Waals surface area contributed by atoms with Gasteiger partial charge in [-0.1, -0.05) is 0 Å². The first-order chi connectivity index (χ1) is 4.21. The van der Waals surface area contributed by atoms with Crippen LogP contribution in [0.25, 0.3) is 0 Å². The summed E-state index contributed by atoms with van der Waals surface area (Å²) in [5.74, 6) is 0.647. The third kappa shape index (κ3) is 0.775. The Morgan fingerprint density at radius 1 is 1.44 bits per heavy atom. The Morgan fingerprint density at radius 3 is 2.33 bits per heavy atom. The number of nitrogens with zero attached hydrogens (tertiary/aromatic N) is 1. The van der Waals surface area contributed by atoms with E-state index in [2.05, 4.69) is 11.9 Å². The topological polar surface area (TPSA) is 23.5 Å². The molecule has 9 heavy (non-hydrogen) atoms. The molecule has 0 aromatic heterocycles. The highest BCUT2D eigenvalue weighted by Gasteiger charge is 2.50. The summed E-state index contributed by atoms with van der Waals surface area (Å²) in [5, 5.41) is 9.68. The van der Waals surface area contributed by atoms with Gasteiger partial charge in [-0.2, -0.15) is 0 Å². The van der Waals surface area contributed by atoms with Crippen molar-refractivity contribution < 1.29 is 5.11 Å². The quantitative estimate of drug-likeness (QED) is 0.539. The summed E-state index contributed by atoms with van der Waals surface area (Å²) < 4.78 is 0. The van der Waals surface area contributed by atoms with E-state index in [0.717, 1.165) is 13.1 Å². The van der Waals surface area contributed by atoms with Crippen molar-refractivity contribution >= 4 is 0 Å². The van der Waals surface area contributed by atoms with Crippen molar-refractivity contribution in [3.63, 3.8) is 0 Å². The van der Waals surface area contributed by atoms with Crippen LogP contribution in [-0.4, -0.2) is 35.7 Å². The molecule has 2 aliphatic rings. The van der Waals surface area contributed by atoms with Crippen molar-refractivity contribution in [1.82, 2.24) is 4.90 Å². The van der Waals surface area contributed by atoms with E-state index < -0.39 is 0 Å². The van der Waals surface area contributed by atoms with Crippen LogP contribution in [0.2, 0.25) is 0 Å². The lowest BCUT2D eigenvalue weighted by Gasteiger charge is -2.44. The van der Waals surface area contributed by atoms with E-state index in [1.807, 2.05) is 0 Å². The van der Waals surface area contributed by atoms with Crippen molar-refractivity contribution in [2.24, 2.45) is 5.92 Å². The molecular formula is C7H13NO. The molecule has 0 radical (unpaired) electrons. The highest BCUT2D eigenvalue weighted by molar-refractivity contribution is 5.04. The van der Waals surface area contributed by atoms with Crippen LogP contribution in [0, 0.1) is 5.92 Å². The molecule has 1 heterocycles. The SMILES string of the molecule is CN1CC(O)(C2CC2)C1. The molecule has 0 spiro atoms. The van der Waals surface area contributed by atoms with Crippen molar-refractivity contribution in [3.05, 3.63) is 0 Å². The zero-order chi connectivity index (χ0) is 6.48. The number of hydrogen-bond acceptors (Lipinski definition) is 2. The zero-order valence-corrected chi connectivity index (χ0v) is 5.80. The van der Waals surface area contributed by atoms with Crippen molar-refractivity contribution in [1.29, 1.82) is 0 Å². The van der Waals surface area contributed by atoms with E-state index in [4.69, 9.17) is 0 Å².